The molecule has 0 aliphatic heterocycles. The molecule has 0 unspecified atom stereocenters. The molecule has 1 aromatic heterocycles. The number of halogens is 1. The largest absolute Gasteiger partial charge is 0.452 e. The fourth-order valence-electron chi connectivity index (χ4n) is 1.58. The van der Waals surface area contributed by atoms with Crippen LogP contribution in [0.3, 0.4) is 0 Å². The van der Waals surface area contributed by atoms with Crippen molar-refractivity contribution in [2.45, 2.75) is 0 Å². The van der Waals surface area contributed by atoms with Crippen LogP contribution in [0, 0.1) is 10.1 Å². The van der Waals surface area contributed by atoms with Crippen LogP contribution in [0.2, 0.25) is 5.02 Å². The van der Waals surface area contributed by atoms with Crippen LogP contribution in [-0.2, 0) is 14.3 Å². The quantitative estimate of drug-likeness (QED) is 0.366. The smallest absolute Gasteiger partial charge is 0.331 e. The monoisotopic (exact) mass is 351 g/mol. The third-order valence-electron chi connectivity index (χ3n) is 2.63. The Balaban J connectivity index is 1.87. The van der Waals surface area contributed by atoms with Crippen molar-refractivity contribution in [2.24, 2.45) is 0 Å². The number of carbonyl (C=O) groups excluding carboxylic acids is 2. The van der Waals surface area contributed by atoms with Gasteiger partial charge >= 0.3 is 5.97 Å². The number of aromatic nitrogens is 1. The molecule has 2 aromatic rings. The lowest BCUT2D eigenvalue weighted by molar-refractivity contribution is -0.384. The summed E-state index contributed by atoms with van der Waals surface area (Å²) in [4.78, 5) is 33.1. The van der Waals surface area contributed by atoms with E-state index in [2.05, 4.69) is 15.0 Å². The predicted octanol–water partition coefficient (Wildman–Crippen LogP) is 2.43. The van der Waals surface area contributed by atoms with Crippen molar-refractivity contribution in [1.29, 1.82) is 0 Å². The van der Waals surface area contributed by atoms with Crippen LogP contribution in [0.25, 0.3) is 6.08 Å². The summed E-state index contributed by atoms with van der Waals surface area (Å²) in [5.41, 5.74) is 0.106. The number of esters is 1. The van der Waals surface area contributed by atoms with E-state index in [4.69, 9.17) is 16.3 Å². The molecule has 1 amide bonds. The molecule has 1 heterocycles. The maximum Gasteiger partial charge on any atom is 0.331 e. The normalized spacial score (nSPS) is 10.5. The van der Waals surface area contributed by atoms with E-state index < -0.39 is 23.4 Å². The lowest BCUT2D eigenvalue weighted by Gasteiger charge is -2.01. The lowest BCUT2D eigenvalue weighted by atomic mass is 10.2. The zero-order chi connectivity index (χ0) is 17.5. The summed E-state index contributed by atoms with van der Waals surface area (Å²) in [5.74, 6) is -1.18. The topological polar surface area (TPSA) is 125 Å². The van der Waals surface area contributed by atoms with Gasteiger partial charge in [0.1, 0.15) is 11.3 Å². The molecule has 2 rings (SSSR count). The highest BCUT2D eigenvalue weighted by Crippen LogP contribution is 2.25. The first-order valence-electron chi connectivity index (χ1n) is 6.44. The van der Waals surface area contributed by atoms with Crippen LogP contribution in [0.1, 0.15) is 5.56 Å². The summed E-state index contributed by atoms with van der Waals surface area (Å²) in [6.45, 7) is -0.517. The summed E-state index contributed by atoms with van der Waals surface area (Å²) >= 11 is 5.68. The molecule has 0 fully saturated rings. The number of hydrogen-bond acceptors (Lipinski definition) is 7. The summed E-state index contributed by atoms with van der Waals surface area (Å²) < 4.78 is 9.24. The Bertz CT molecular complexity index is 788. The van der Waals surface area contributed by atoms with Gasteiger partial charge in [-0.2, -0.15) is 0 Å². The van der Waals surface area contributed by atoms with E-state index in [-0.39, 0.29) is 16.5 Å². The van der Waals surface area contributed by atoms with Crippen LogP contribution >= 0.6 is 11.6 Å². The Morgan fingerprint density at radius 1 is 1.42 bits per heavy atom. The average molecular weight is 352 g/mol. The Hall–Kier alpha value is -3.20. The van der Waals surface area contributed by atoms with Crippen LogP contribution in [0.4, 0.5) is 11.5 Å². The molecule has 10 heteroatoms. The van der Waals surface area contributed by atoms with Crippen molar-refractivity contribution in [1.82, 2.24) is 5.16 Å². The van der Waals surface area contributed by atoms with Gasteiger partial charge in [-0.15, -0.1) is 0 Å². The molecule has 0 aliphatic carbocycles. The molecule has 0 bridgehead atoms. The number of anilines is 1. The molecule has 1 N–H and O–H groups in total. The molecule has 0 radical (unpaired) electrons. The van der Waals surface area contributed by atoms with Crippen LogP contribution in [0.15, 0.2) is 41.1 Å². The molecule has 9 nitrogen and oxygen atoms in total. The maximum absolute atomic E-state index is 11.5. The number of nitrogens with zero attached hydrogens (tertiary/aromatic N) is 2. The van der Waals surface area contributed by atoms with Crippen molar-refractivity contribution < 1.29 is 23.8 Å². The molecular formula is C14H10ClN3O6. The van der Waals surface area contributed by atoms with Gasteiger partial charge in [-0.1, -0.05) is 22.8 Å². The van der Waals surface area contributed by atoms with Gasteiger partial charge in [0, 0.05) is 18.2 Å². The second kappa shape index (κ2) is 7.88. The van der Waals surface area contributed by atoms with Gasteiger partial charge in [-0.05, 0) is 17.7 Å². The van der Waals surface area contributed by atoms with Crippen molar-refractivity contribution in [3.05, 3.63) is 57.3 Å². The van der Waals surface area contributed by atoms with Crippen LogP contribution < -0.4 is 5.32 Å². The molecule has 24 heavy (non-hydrogen) atoms. The predicted molar refractivity (Wildman–Crippen MR) is 83.2 cm³/mol. The van der Waals surface area contributed by atoms with E-state index in [0.29, 0.717) is 5.56 Å². The third kappa shape index (κ3) is 4.92. The van der Waals surface area contributed by atoms with Crippen molar-refractivity contribution in [3.8, 4) is 0 Å². The Morgan fingerprint density at radius 2 is 2.21 bits per heavy atom. The number of nitro groups is 1. The molecule has 0 saturated heterocycles. The molecule has 1 aromatic carbocycles. The maximum atomic E-state index is 11.5. The summed E-state index contributed by atoms with van der Waals surface area (Å²) in [6, 6.07) is 5.48. The number of amides is 1. The SMILES string of the molecule is O=C(COC(=O)/C=C/c1ccc(Cl)c([N+](=O)[O-])c1)Nc1ccon1. The molecule has 0 saturated carbocycles. The second-order valence-corrected chi connectivity index (χ2v) is 4.75. The first-order valence-corrected chi connectivity index (χ1v) is 6.82. The second-order valence-electron chi connectivity index (χ2n) is 4.34. The van der Waals surface area contributed by atoms with Gasteiger partial charge in [0.2, 0.25) is 0 Å². The van der Waals surface area contributed by atoms with Crippen molar-refractivity contribution in [2.75, 3.05) is 11.9 Å². The van der Waals surface area contributed by atoms with Gasteiger partial charge < -0.3 is 14.6 Å². The lowest BCUT2D eigenvalue weighted by Crippen LogP contribution is -2.20. The number of nitro benzene ring substituents is 1. The fourth-order valence-corrected chi connectivity index (χ4v) is 1.76. The molecule has 0 spiro atoms. The molecule has 124 valence electrons. The zero-order valence-corrected chi connectivity index (χ0v) is 12.7. The number of nitrogens with one attached hydrogen (secondary N) is 1. The van der Waals surface area contributed by atoms with Gasteiger partial charge in [-0.3, -0.25) is 14.9 Å². The summed E-state index contributed by atoms with van der Waals surface area (Å²) in [6.07, 6.45) is 3.62. The Labute approximate surface area is 140 Å². The highest BCUT2D eigenvalue weighted by molar-refractivity contribution is 6.32. The van der Waals surface area contributed by atoms with Gasteiger partial charge in [0.15, 0.2) is 12.4 Å². The molecule has 0 aliphatic rings. The van der Waals surface area contributed by atoms with E-state index in [1.54, 1.807) is 0 Å². The van der Waals surface area contributed by atoms with Crippen LogP contribution in [0.5, 0.6) is 0 Å². The summed E-state index contributed by atoms with van der Waals surface area (Å²) in [7, 11) is 0. The van der Waals surface area contributed by atoms with E-state index in [1.165, 1.54) is 36.6 Å². The number of rotatable bonds is 6. The first kappa shape index (κ1) is 17.2. The standard InChI is InChI=1S/C14H10ClN3O6/c15-10-3-1-9(7-11(10)18(21)22)2-4-14(20)23-8-13(19)16-12-5-6-24-17-12/h1-7H,8H2,(H,16,17,19)/b4-2+. The minimum absolute atomic E-state index is 0.00995. The minimum atomic E-state index is -0.789. The average Bonchev–Trinajstić information content (AvgIpc) is 3.04. The summed E-state index contributed by atoms with van der Waals surface area (Å²) in [5, 5.41) is 16.6. The minimum Gasteiger partial charge on any atom is -0.452 e. The highest BCUT2D eigenvalue weighted by Gasteiger charge is 2.12. The highest BCUT2D eigenvalue weighted by atomic mass is 35.5. The first-order chi connectivity index (χ1) is 11.5. The number of ether oxygens (including phenoxy) is 1. The van der Waals surface area contributed by atoms with Crippen molar-refractivity contribution in [3.63, 3.8) is 0 Å². The van der Waals surface area contributed by atoms with Crippen LogP contribution in [-0.4, -0.2) is 28.6 Å². The number of benzene rings is 1. The number of carbonyl (C=O) groups is 2. The fraction of sp³-hybridized carbons (Fsp3) is 0.0714. The molecule has 0 atom stereocenters. The number of hydrogen-bond donors (Lipinski definition) is 1. The van der Waals surface area contributed by atoms with Gasteiger partial charge in [-0.25, -0.2) is 4.79 Å². The van der Waals surface area contributed by atoms with E-state index in [9.17, 15) is 19.7 Å². The van der Waals surface area contributed by atoms with Gasteiger partial charge in [0.25, 0.3) is 11.6 Å². The van der Waals surface area contributed by atoms with E-state index in [1.807, 2.05) is 0 Å². The molecular weight excluding hydrogens is 342 g/mol. The third-order valence-corrected chi connectivity index (χ3v) is 2.95. The van der Waals surface area contributed by atoms with Gasteiger partial charge in [0.05, 0.1) is 4.92 Å². The van der Waals surface area contributed by atoms with E-state index >= 15 is 0 Å². The zero-order valence-electron chi connectivity index (χ0n) is 12.0. The van der Waals surface area contributed by atoms with E-state index in [0.717, 1.165) is 6.08 Å². The Morgan fingerprint density at radius 3 is 2.88 bits per heavy atom. The van der Waals surface area contributed by atoms with Crippen molar-refractivity contribution >= 4 is 41.1 Å². The Kier molecular flexibility index (Phi) is 5.63.